The number of hydrogen-bond acceptors (Lipinski definition) is 5. The summed E-state index contributed by atoms with van der Waals surface area (Å²) in [5.74, 6) is -0.481. The molecule has 8 heteroatoms. The topological polar surface area (TPSA) is 76.1 Å². The Bertz CT molecular complexity index is 580. The molecule has 0 saturated heterocycles. The minimum absolute atomic E-state index is 0.0311. The summed E-state index contributed by atoms with van der Waals surface area (Å²) in [6, 6.07) is 4.69. The van der Waals surface area contributed by atoms with Gasteiger partial charge in [0.25, 0.3) is 5.91 Å². The van der Waals surface area contributed by atoms with Gasteiger partial charge in [0.1, 0.15) is 5.75 Å². The zero-order valence-electron chi connectivity index (χ0n) is 13.8. The van der Waals surface area contributed by atoms with E-state index in [0.717, 1.165) is 0 Å². The van der Waals surface area contributed by atoms with E-state index in [1.165, 1.54) is 18.1 Å². The fourth-order valence-electron chi connectivity index (χ4n) is 2.01. The first-order valence-corrected chi connectivity index (χ1v) is 8.15. The van der Waals surface area contributed by atoms with Crippen LogP contribution in [0.4, 0.5) is 0 Å². The van der Waals surface area contributed by atoms with Gasteiger partial charge in [-0.1, -0.05) is 23.2 Å². The summed E-state index contributed by atoms with van der Waals surface area (Å²) < 4.78 is 10.1. The van der Waals surface area contributed by atoms with Crippen molar-refractivity contribution < 1.29 is 24.2 Å². The number of hydrogen-bond donors (Lipinski definition) is 1. The highest BCUT2D eigenvalue weighted by molar-refractivity contribution is 6.35. The first-order valence-electron chi connectivity index (χ1n) is 7.40. The van der Waals surface area contributed by atoms with Gasteiger partial charge in [-0.2, -0.15) is 0 Å². The van der Waals surface area contributed by atoms with E-state index in [4.69, 9.17) is 27.9 Å². The Morgan fingerprint density at radius 3 is 2.50 bits per heavy atom. The van der Waals surface area contributed by atoms with Gasteiger partial charge in [-0.3, -0.25) is 9.59 Å². The van der Waals surface area contributed by atoms with Gasteiger partial charge in [-0.15, -0.1) is 0 Å². The summed E-state index contributed by atoms with van der Waals surface area (Å²) >= 11 is 11.8. The lowest BCUT2D eigenvalue weighted by Gasteiger charge is -2.27. The predicted octanol–water partition coefficient (Wildman–Crippen LogP) is 2.53. The molecule has 0 aliphatic heterocycles. The number of methoxy groups -OCH3 is 1. The van der Waals surface area contributed by atoms with Gasteiger partial charge < -0.3 is 19.5 Å². The van der Waals surface area contributed by atoms with Gasteiger partial charge >= 0.3 is 5.97 Å². The Labute approximate surface area is 151 Å². The van der Waals surface area contributed by atoms with E-state index in [2.05, 4.69) is 4.74 Å². The smallest absolute Gasteiger partial charge is 0.307 e. The summed E-state index contributed by atoms with van der Waals surface area (Å²) in [7, 11) is 1.28. The van der Waals surface area contributed by atoms with Crippen LogP contribution in [0.5, 0.6) is 5.75 Å². The molecule has 6 nitrogen and oxygen atoms in total. The number of halogens is 2. The largest absolute Gasteiger partial charge is 0.479 e. The summed E-state index contributed by atoms with van der Waals surface area (Å²) in [5, 5.41) is 10.3. The summed E-state index contributed by atoms with van der Waals surface area (Å²) in [5.41, 5.74) is 0. The molecular formula is C16H21Cl2NO5. The molecule has 0 aliphatic rings. The minimum Gasteiger partial charge on any atom is -0.479 e. The zero-order valence-corrected chi connectivity index (χ0v) is 15.3. The van der Waals surface area contributed by atoms with Crippen LogP contribution in [-0.4, -0.2) is 54.3 Å². The summed E-state index contributed by atoms with van der Waals surface area (Å²) in [6.07, 6.45) is -1.55. The molecule has 1 rings (SSSR count). The van der Waals surface area contributed by atoms with Crippen molar-refractivity contribution in [2.75, 3.05) is 20.2 Å². The second-order valence-corrected chi connectivity index (χ2v) is 6.14. The Balaban J connectivity index is 2.77. The van der Waals surface area contributed by atoms with Crippen LogP contribution in [0.1, 0.15) is 20.3 Å². The average Bonchev–Trinajstić information content (AvgIpc) is 2.52. The second kappa shape index (κ2) is 9.71. The van der Waals surface area contributed by atoms with Crippen LogP contribution in [0.15, 0.2) is 18.2 Å². The van der Waals surface area contributed by atoms with Gasteiger partial charge in [0.15, 0.2) is 6.10 Å². The molecular weight excluding hydrogens is 357 g/mol. The number of benzene rings is 1. The fourth-order valence-corrected chi connectivity index (χ4v) is 2.46. The predicted molar refractivity (Wildman–Crippen MR) is 91.4 cm³/mol. The van der Waals surface area contributed by atoms with Crippen LogP contribution in [-0.2, 0) is 14.3 Å². The van der Waals surface area contributed by atoms with Crippen molar-refractivity contribution in [3.8, 4) is 5.75 Å². The number of esters is 1. The molecule has 0 heterocycles. The maximum atomic E-state index is 12.5. The highest BCUT2D eigenvalue weighted by Gasteiger charge is 2.24. The zero-order chi connectivity index (χ0) is 18.3. The molecule has 24 heavy (non-hydrogen) atoms. The van der Waals surface area contributed by atoms with Crippen LogP contribution in [0.3, 0.4) is 0 Å². The Morgan fingerprint density at radius 2 is 1.96 bits per heavy atom. The minimum atomic E-state index is -0.847. The van der Waals surface area contributed by atoms with Gasteiger partial charge in [0.2, 0.25) is 0 Å². The van der Waals surface area contributed by atoms with E-state index < -0.39 is 18.2 Å². The van der Waals surface area contributed by atoms with Gasteiger partial charge in [-0.05, 0) is 32.0 Å². The third-order valence-electron chi connectivity index (χ3n) is 3.16. The number of aliphatic hydroxyl groups is 1. The maximum Gasteiger partial charge on any atom is 0.307 e. The van der Waals surface area contributed by atoms with Gasteiger partial charge in [0.05, 0.1) is 24.7 Å². The van der Waals surface area contributed by atoms with Crippen molar-refractivity contribution >= 4 is 35.1 Å². The number of nitrogens with zero attached hydrogens (tertiary/aromatic N) is 1. The Hall–Kier alpha value is -1.50. The average molecular weight is 378 g/mol. The number of carbonyl (C=O) groups excluding carboxylic acids is 2. The molecule has 1 aromatic carbocycles. The van der Waals surface area contributed by atoms with E-state index >= 15 is 0 Å². The van der Waals surface area contributed by atoms with E-state index in [0.29, 0.717) is 15.8 Å². The molecule has 1 amide bonds. The van der Waals surface area contributed by atoms with Crippen molar-refractivity contribution in [2.45, 2.75) is 32.5 Å². The van der Waals surface area contributed by atoms with E-state index in [-0.39, 0.29) is 25.4 Å². The number of ether oxygens (including phenoxy) is 2. The van der Waals surface area contributed by atoms with Crippen LogP contribution in [0.25, 0.3) is 0 Å². The quantitative estimate of drug-likeness (QED) is 0.704. The van der Waals surface area contributed by atoms with Crippen LogP contribution in [0, 0.1) is 0 Å². The molecule has 0 bridgehead atoms. The van der Waals surface area contributed by atoms with Gasteiger partial charge in [-0.25, -0.2) is 0 Å². The molecule has 0 aliphatic carbocycles. The third kappa shape index (κ3) is 6.55. The number of rotatable bonds is 8. The van der Waals surface area contributed by atoms with Crippen LogP contribution < -0.4 is 4.74 Å². The van der Waals surface area contributed by atoms with Crippen LogP contribution >= 0.6 is 23.2 Å². The molecule has 134 valence electrons. The van der Waals surface area contributed by atoms with Crippen molar-refractivity contribution in [1.29, 1.82) is 0 Å². The fraction of sp³-hybridized carbons (Fsp3) is 0.500. The molecule has 0 saturated carbocycles. The summed E-state index contributed by atoms with van der Waals surface area (Å²) in [6.45, 7) is 3.33. The summed E-state index contributed by atoms with van der Waals surface area (Å²) in [4.78, 5) is 25.2. The third-order valence-corrected chi connectivity index (χ3v) is 3.69. The highest BCUT2D eigenvalue weighted by Crippen LogP contribution is 2.28. The van der Waals surface area contributed by atoms with Gasteiger partial charge in [0, 0.05) is 18.1 Å². The molecule has 2 atom stereocenters. The van der Waals surface area contributed by atoms with E-state index in [1.54, 1.807) is 26.0 Å². The molecule has 0 radical (unpaired) electrons. The maximum absolute atomic E-state index is 12.5. The molecule has 0 spiro atoms. The molecule has 1 N–H and O–H groups in total. The first kappa shape index (κ1) is 20.5. The molecule has 0 fully saturated rings. The molecule has 1 aromatic rings. The van der Waals surface area contributed by atoms with E-state index in [9.17, 15) is 14.7 Å². The lowest BCUT2D eigenvalue weighted by atomic mass is 10.2. The highest BCUT2D eigenvalue weighted by atomic mass is 35.5. The Morgan fingerprint density at radius 1 is 1.29 bits per heavy atom. The lowest BCUT2D eigenvalue weighted by Crippen LogP contribution is -2.44. The number of carbonyl (C=O) groups is 2. The first-order chi connectivity index (χ1) is 11.2. The van der Waals surface area contributed by atoms with Crippen molar-refractivity contribution in [2.24, 2.45) is 0 Å². The lowest BCUT2D eigenvalue weighted by molar-refractivity contribution is -0.143. The van der Waals surface area contributed by atoms with Crippen molar-refractivity contribution in [3.05, 3.63) is 28.2 Å². The van der Waals surface area contributed by atoms with Crippen molar-refractivity contribution in [3.63, 3.8) is 0 Å². The Kier molecular flexibility index (Phi) is 8.31. The number of aliphatic hydroxyl groups excluding tert-OH is 1. The SMILES string of the molecule is COC(=O)CCN(CC(C)O)C(=O)C(C)Oc1ccc(Cl)cc1Cl. The monoisotopic (exact) mass is 377 g/mol. The molecule has 0 aromatic heterocycles. The molecule has 2 unspecified atom stereocenters. The second-order valence-electron chi connectivity index (χ2n) is 5.29. The standard InChI is InChI=1S/C16H21Cl2NO5/c1-10(20)9-19(7-6-15(21)23-3)16(22)11(2)24-14-5-4-12(17)8-13(14)18/h4-5,8,10-11,20H,6-7,9H2,1-3H3. The van der Waals surface area contributed by atoms with Crippen molar-refractivity contribution in [1.82, 2.24) is 4.90 Å². The number of amides is 1. The van der Waals surface area contributed by atoms with Crippen LogP contribution in [0.2, 0.25) is 10.0 Å². The van der Waals surface area contributed by atoms with E-state index in [1.807, 2.05) is 0 Å². The normalized spacial score (nSPS) is 13.1.